The quantitative estimate of drug-likeness (QED) is 0.703. The standard InChI is InChI=1S/C16H18N6O2.2ClH/c1-10-18-13-3-2-11(8-15(13)24-10)19-16(23)14-9-22(21-20-14)12-4-6-17-7-5-12;;/h2-3,8-9,12,17H,4-7H2,1H3,(H,19,23);2*1H. The number of nitrogens with zero attached hydrogens (tertiary/aromatic N) is 4. The smallest absolute Gasteiger partial charge is 0.277 e. The van der Waals surface area contributed by atoms with Gasteiger partial charge in [-0.15, -0.1) is 29.9 Å². The summed E-state index contributed by atoms with van der Waals surface area (Å²) in [6.45, 7) is 3.71. The summed E-state index contributed by atoms with van der Waals surface area (Å²) in [5.74, 6) is 0.309. The molecule has 10 heteroatoms. The van der Waals surface area contributed by atoms with E-state index in [-0.39, 0.29) is 30.7 Å². The molecule has 0 saturated carbocycles. The third-order valence-corrected chi connectivity index (χ3v) is 4.18. The molecule has 8 nitrogen and oxygen atoms in total. The van der Waals surface area contributed by atoms with Gasteiger partial charge in [0.2, 0.25) is 0 Å². The second-order valence-electron chi connectivity index (χ2n) is 5.93. The molecule has 1 fully saturated rings. The van der Waals surface area contributed by atoms with Crippen LogP contribution in [0.4, 0.5) is 5.69 Å². The fraction of sp³-hybridized carbons (Fsp3) is 0.375. The Balaban J connectivity index is 0.00000121. The summed E-state index contributed by atoms with van der Waals surface area (Å²) in [5, 5.41) is 14.2. The van der Waals surface area contributed by atoms with Crippen LogP contribution < -0.4 is 10.6 Å². The lowest BCUT2D eigenvalue weighted by Gasteiger charge is -2.22. The predicted molar refractivity (Wildman–Crippen MR) is 102 cm³/mol. The number of oxazole rings is 1. The highest BCUT2D eigenvalue weighted by Gasteiger charge is 2.19. The Labute approximate surface area is 162 Å². The van der Waals surface area contributed by atoms with Crippen LogP contribution in [0, 0.1) is 6.92 Å². The van der Waals surface area contributed by atoms with Crippen LogP contribution in [0.5, 0.6) is 0 Å². The van der Waals surface area contributed by atoms with Crippen molar-refractivity contribution in [2.24, 2.45) is 0 Å². The number of carbonyl (C=O) groups is 1. The van der Waals surface area contributed by atoms with Crippen molar-refractivity contribution in [3.63, 3.8) is 0 Å². The number of nitrogens with one attached hydrogen (secondary N) is 2. The molecule has 140 valence electrons. The van der Waals surface area contributed by atoms with Crippen molar-refractivity contribution in [3.05, 3.63) is 36.0 Å². The molecule has 3 aromatic rings. The van der Waals surface area contributed by atoms with Crippen molar-refractivity contribution in [3.8, 4) is 0 Å². The van der Waals surface area contributed by atoms with Gasteiger partial charge in [0.25, 0.3) is 5.91 Å². The van der Waals surface area contributed by atoms with Crippen molar-refractivity contribution in [1.82, 2.24) is 25.3 Å². The van der Waals surface area contributed by atoms with E-state index in [9.17, 15) is 4.79 Å². The number of piperidine rings is 1. The molecule has 0 atom stereocenters. The summed E-state index contributed by atoms with van der Waals surface area (Å²) < 4.78 is 7.27. The van der Waals surface area contributed by atoms with E-state index >= 15 is 0 Å². The van der Waals surface area contributed by atoms with Crippen LogP contribution >= 0.6 is 24.8 Å². The summed E-state index contributed by atoms with van der Waals surface area (Å²) >= 11 is 0. The van der Waals surface area contributed by atoms with Gasteiger partial charge in [0, 0.05) is 18.7 Å². The van der Waals surface area contributed by atoms with Crippen LogP contribution in [0.1, 0.15) is 35.3 Å². The zero-order valence-corrected chi connectivity index (χ0v) is 15.8. The number of benzene rings is 1. The number of anilines is 1. The van der Waals surface area contributed by atoms with E-state index in [2.05, 4.69) is 25.9 Å². The zero-order valence-electron chi connectivity index (χ0n) is 14.1. The normalized spacial score (nSPS) is 14.5. The summed E-state index contributed by atoms with van der Waals surface area (Å²) in [6, 6.07) is 5.66. The van der Waals surface area contributed by atoms with Crippen LogP contribution in [0.15, 0.2) is 28.8 Å². The van der Waals surface area contributed by atoms with Gasteiger partial charge in [-0.1, -0.05) is 5.21 Å². The largest absolute Gasteiger partial charge is 0.441 e. The predicted octanol–water partition coefficient (Wildman–Crippen LogP) is 2.75. The molecule has 0 radical (unpaired) electrons. The molecule has 3 heterocycles. The molecule has 1 aromatic carbocycles. The third-order valence-electron chi connectivity index (χ3n) is 4.18. The maximum atomic E-state index is 12.4. The SMILES string of the molecule is Cc1nc2ccc(NC(=O)c3cn(C4CCNCC4)nn3)cc2o1.Cl.Cl. The summed E-state index contributed by atoms with van der Waals surface area (Å²) in [6.07, 6.45) is 3.69. The van der Waals surface area contributed by atoms with Gasteiger partial charge in [0.05, 0.1) is 12.2 Å². The number of amides is 1. The van der Waals surface area contributed by atoms with Gasteiger partial charge in [-0.05, 0) is 38.1 Å². The number of halogens is 2. The summed E-state index contributed by atoms with van der Waals surface area (Å²) in [7, 11) is 0. The number of fused-ring (bicyclic) bond motifs is 1. The molecule has 0 aliphatic carbocycles. The molecule has 1 aliphatic rings. The minimum absolute atomic E-state index is 0. The average Bonchev–Trinajstić information content (AvgIpc) is 3.21. The molecule has 0 bridgehead atoms. The molecule has 26 heavy (non-hydrogen) atoms. The molecular weight excluding hydrogens is 379 g/mol. The van der Waals surface area contributed by atoms with E-state index in [1.165, 1.54) is 0 Å². The number of aromatic nitrogens is 4. The fourth-order valence-electron chi connectivity index (χ4n) is 2.94. The lowest BCUT2D eigenvalue weighted by molar-refractivity contribution is 0.102. The van der Waals surface area contributed by atoms with Gasteiger partial charge in [0.1, 0.15) is 5.52 Å². The van der Waals surface area contributed by atoms with Gasteiger partial charge in [-0.25, -0.2) is 9.67 Å². The number of hydrogen-bond acceptors (Lipinski definition) is 6. The van der Waals surface area contributed by atoms with E-state index < -0.39 is 0 Å². The Morgan fingerprint density at radius 1 is 1.31 bits per heavy atom. The van der Waals surface area contributed by atoms with Gasteiger partial charge in [-0.2, -0.15) is 0 Å². The molecule has 0 spiro atoms. The second kappa shape index (κ2) is 8.48. The molecule has 1 saturated heterocycles. The van der Waals surface area contributed by atoms with Crippen molar-refractivity contribution in [1.29, 1.82) is 0 Å². The summed E-state index contributed by atoms with van der Waals surface area (Å²) in [4.78, 5) is 16.6. The van der Waals surface area contributed by atoms with E-state index in [4.69, 9.17) is 4.42 Å². The Hall–Kier alpha value is -2.16. The monoisotopic (exact) mass is 398 g/mol. The first kappa shape index (κ1) is 20.2. The highest BCUT2D eigenvalue weighted by molar-refractivity contribution is 6.03. The maximum absolute atomic E-state index is 12.4. The number of hydrogen-bond donors (Lipinski definition) is 2. The van der Waals surface area contributed by atoms with E-state index in [1.54, 1.807) is 29.9 Å². The van der Waals surface area contributed by atoms with Crippen molar-refractivity contribution >= 4 is 47.5 Å². The minimum atomic E-state index is -0.286. The molecule has 4 rings (SSSR count). The van der Waals surface area contributed by atoms with Crippen LogP contribution in [-0.4, -0.2) is 39.0 Å². The number of rotatable bonds is 3. The minimum Gasteiger partial charge on any atom is -0.441 e. The Kier molecular flexibility index (Phi) is 6.57. The van der Waals surface area contributed by atoms with Crippen LogP contribution in [0.25, 0.3) is 11.1 Å². The Bertz CT molecular complexity index is 888. The van der Waals surface area contributed by atoms with Crippen LogP contribution in [0.2, 0.25) is 0 Å². The van der Waals surface area contributed by atoms with Crippen LogP contribution in [0.3, 0.4) is 0 Å². The number of aryl methyl sites for hydroxylation is 1. The van der Waals surface area contributed by atoms with Crippen molar-refractivity contribution in [2.45, 2.75) is 25.8 Å². The maximum Gasteiger partial charge on any atom is 0.277 e. The van der Waals surface area contributed by atoms with E-state index in [1.807, 2.05) is 6.07 Å². The lowest BCUT2D eigenvalue weighted by Crippen LogP contribution is -2.29. The van der Waals surface area contributed by atoms with Gasteiger partial charge in [-0.3, -0.25) is 4.79 Å². The van der Waals surface area contributed by atoms with Gasteiger partial charge < -0.3 is 15.1 Å². The number of carbonyl (C=O) groups excluding carboxylic acids is 1. The second-order valence-corrected chi connectivity index (χ2v) is 5.93. The van der Waals surface area contributed by atoms with E-state index in [0.717, 1.165) is 31.4 Å². The van der Waals surface area contributed by atoms with Crippen LogP contribution in [-0.2, 0) is 0 Å². The van der Waals surface area contributed by atoms with Gasteiger partial charge >= 0.3 is 0 Å². The third kappa shape index (κ3) is 4.14. The molecule has 0 unspecified atom stereocenters. The molecule has 2 aromatic heterocycles. The zero-order chi connectivity index (χ0) is 16.5. The van der Waals surface area contributed by atoms with Gasteiger partial charge in [0.15, 0.2) is 17.2 Å². The molecule has 2 N–H and O–H groups in total. The Morgan fingerprint density at radius 3 is 2.85 bits per heavy atom. The Morgan fingerprint density at radius 2 is 2.08 bits per heavy atom. The van der Waals surface area contributed by atoms with Crippen molar-refractivity contribution < 1.29 is 9.21 Å². The highest BCUT2D eigenvalue weighted by atomic mass is 35.5. The van der Waals surface area contributed by atoms with Crippen molar-refractivity contribution in [2.75, 3.05) is 18.4 Å². The fourth-order valence-corrected chi connectivity index (χ4v) is 2.94. The highest BCUT2D eigenvalue weighted by Crippen LogP contribution is 2.21. The first-order valence-corrected chi connectivity index (χ1v) is 8.00. The molecule has 1 amide bonds. The van der Waals surface area contributed by atoms with E-state index in [0.29, 0.717) is 28.9 Å². The average molecular weight is 399 g/mol. The topological polar surface area (TPSA) is 97.9 Å². The molecule has 1 aliphatic heterocycles. The first-order chi connectivity index (χ1) is 11.7. The lowest BCUT2D eigenvalue weighted by atomic mass is 10.1. The first-order valence-electron chi connectivity index (χ1n) is 8.00. The molecular formula is C16H20Cl2N6O2. The summed E-state index contributed by atoms with van der Waals surface area (Å²) in [5.41, 5.74) is 2.36.